The van der Waals surface area contributed by atoms with Crippen LogP contribution in [0.3, 0.4) is 0 Å². The Balaban J connectivity index is 1.44. The zero-order valence-corrected chi connectivity index (χ0v) is 18.8. The van der Waals surface area contributed by atoms with E-state index in [1.807, 2.05) is 30.3 Å². The molecule has 1 N–H and O–H groups in total. The maximum atomic E-state index is 12.9. The minimum atomic E-state index is -0.606. The Hall–Kier alpha value is -4.46. The van der Waals surface area contributed by atoms with Crippen LogP contribution in [0.1, 0.15) is 15.9 Å². The number of fused-ring (bicyclic) bond motifs is 1. The molecule has 0 aliphatic rings. The molecule has 2 aromatic heterocycles. The zero-order chi connectivity index (χ0) is 23.9. The summed E-state index contributed by atoms with van der Waals surface area (Å²) >= 11 is 0. The molecule has 8 nitrogen and oxygen atoms in total. The summed E-state index contributed by atoms with van der Waals surface area (Å²) in [5.41, 5.74) is 3.16. The SMILES string of the molecule is COc1ccc(CNC(=O)COC(=O)c2cc(-c3cccnc3)nc3ccccc23)cc1OC. The molecule has 0 unspecified atom stereocenters. The number of benzene rings is 2. The van der Waals surface area contributed by atoms with Gasteiger partial charge < -0.3 is 19.5 Å². The van der Waals surface area contributed by atoms with Gasteiger partial charge in [0, 0.05) is 29.9 Å². The third-order valence-electron chi connectivity index (χ3n) is 5.17. The first-order chi connectivity index (χ1) is 16.6. The van der Waals surface area contributed by atoms with Gasteiger partial charge in [-0.3, -0.25) is 9.78 Å². The highest BCUT2D eigenvalue weighted by Crippen LogP contribution is 2.27. The van der Waals surface area contributed by atoms with Gasteiger partial charge in [0.15, 0.2) is 18.1 Å². The Morgan fingerprint density at radius 3 is 2.53 bits per heavy atom. The first-order valence-corrected chi connectivity index (χ1v) is 10.5. The van der Waals surface area contributed by atoms with Crippen LogP contribution in [0.5, 0.6) is 11.5 Å². The van der Waals surface area contributed by atoms with Crippen molar-refractivity contribution in [3.8, 4) is 22.8 Å². The minimum absolute atomic E-state index is 0.250. The van der Waals surface area contributed by atoms with Crippen molar-refractivity contribution in [3.63, 3.8) is 0 Å². The average molecular weight is 457 g/mol. The molecular formula is C26H23N3O5. The Bertz CT molecular complexity index is 1320. The molecule has 0 radical (unpaired) electrons. The second-order valence-electron chi connectivity index (χ2n) is 7.36. The molecule has 4 rings (SSSR count). The standard InChI is InChI=1S/C26H23N3O5/c1-32-23-10-9-17(12-24(23)33-2)14-28-25(30)16-34-26(31)20-13-22(18-6-5-11-27-15-18)29-21-8-4-3-7-19(20)21/h3-13,15H,14,16H2,1-2H3,(H,28,30). The number of esters is 1. The van der Waals surface area contributed by atoms with Crippen LogP contribution in [0.15, 0.2) is 73.1 Å². The Morgan fingerprint density at radius 1 is 0.941 bits per heavy atom. The number of nitrogens with zero attached hydrogens (tertiary/aromatic N) is 2. The van der Waals surface area contributed by atoms with E-state index in [4.69, 9.17) is 14.2 Å². The van der Waals surface area contributed by atoms with Crippen molar-refractivity contribution in [1.82, 2.24) is 15.3 Å². The summed E-state index contributed by atoms with van der Waals surface area (Å²) < 4.78 is 15.8. The first-order valence-electron chi connectivity index (χ1n) is 10.5. The van der Waals surface area contributed by atoms with E-state index < -0.39 is 18.5 Å². The average Bonchev–Trinajstić information content (AvgIpc) is 2.90. The number of aromatic nitrogens is 2. The summed E-state index contributed by atoms with van der Waals surface area (Å²) in [4.78, 5) is 34.0. The fourth-order valence-electron chi connectivity index (χ4n) is 3.46. The highest BCUT2D eigenvalue weighted by molar-refractivity contribution is 6.05. The number of para-hydroxylation sites is 1. The summed E-state index contributed by atoms with van der Waals surface area (Å²) in [5, 5.41) is 3.38. The van der Waals surface area contributed by atoms with Gasteiger partial charge >= 0.3 is 5.97 Å². The Labute approximate surface area is 196 Å². The highest BCUT2D eigenvalue weighted by atomic mass is 16.5. The summed E-state index contributed by atoms with van der Waals surface area (Å²) in [7, 11) is 3.10. The molecule has 172 valence electrons. The molecule has 2 heterocycles. The molecular weight excluding hydrogens is 434 g/mol. The first kappa shape index (κ1) is 22.7. The molecule has 0 spiro atoms. The van der Waals surface area contributed by atoms with Crippen molar-refractivity contribution >= 4 is 22.8 Å². The molecule has 0 saturated heterocycles. The molecule has 0 bridgehead atoms. The number of pyridine rings is 2. The summed E-state index contributed by atoms with van der Waals surface area (Å²) in [6.07, 6.45) is 3.34. The molecule has 0 fully saturated rings. The maximum absolute atomic E-state index is 12.9. The molecule has 8 heteroatoms. The lowest BCUT2D eigenvalue weighted by Crippen LogP contribution is -2.28. The van der Waals surface area contributed by atoms with Crippen molar-refractivity contribution in [1.29, 1.82) is 0 Å². The number of amides is 1. The third kappa shape index (κ3) is 5.12. The van der Waals surface area contributed by atoms with Crippen molar-refractivity contribution in [2.45, 2.75) is 6.54 Å². The Kier molecular flexibility index (Phi) is 6.98. The summed E-state index contributed by atoms with van der Waals surface area (Å²) in [6, 6.07) is 17.9. The van der Waals surface area contributed by atoms with Gasteiger partial charge in [0.2, 0.25) is 0 Å². The van der Waals surface area contributed by atoms with E-state index in [9.17, 15) is 9.59 Å². The molecule has 0 saturated carbocycles. The molecule has 4 aromatic rings. The smallest absolute Gasteiger partial charge is 0.339 e. The zero-order valence-electron chi connectivity index (χ0n) is 18.8. The van der Waals surface area contributed by atoms with Crippen LogP contribution in [0.2, 0.25) is 0 Å². The molecule has 0 aliphatic carbocycles. The monoisotopic (exact) mass is 457 g/mol. The highest BCUT2D eigenvalue weighted by Gasteiger charge is 2.17. The second-order valence-corrected chi connectivity index (χ2v) is 7.36. The topological polar surface area (TPSA) is 99.6 Å². The van der Waals surface area contributed by atoms with Gasteiger partial charge in [-0.05, 0) is 42.0 Å². The number of methoxy groups -OCH3 is 2. The number of rotatable bonds is 8. The van der Waals surface area contributed by atoms with Crippen LogP contribution in [0.25, 0.3) is 22.2 Å². The van der Waals surface area contributed by atoms with Crippen LogP contribution < -0.4 is 14.8 Å². The van der Waals surface area contributed by atoms with E-state index in [0.29, 0.717) is 33.7 Å². The number of carbonyl (C=O) groups excluding carboxylic acids is 2. The summed E-state index contributed by atoms with van der Waals surface area (Å²) in [6.45, 7) is -0.162. The van der Waals surface area contributed by atoms with Crippen LogP contribution in [-0.4, -0.2) is 42.7 Å². The van der Waals surface area contributed by atoms with Gasteiger partial charge in [-0.25, -0.2) is 9.78 Å². The van der Waals surface area contributed by atoms with Crippen molar-refractivity contribution in [3.05, 3.63) is 84.2 Å². The molecule has 0 atom stereocenters. The lowest BCUT2D eigenvalue weighted by molar-refractivity contribution is -0.124. The van der Waals surface area contributed by atoms with Gasteiger partial charge in [-0.15, -0.1) is 0 Å². The number of nitrogens with one attached hydrogen (secondary N) is 1. The number of hydrogen-bond donors (Lipinski definition) is 1. The minimum Gasteiger partial charge on any atom is -0.493 e. The second kappa shape index (κ2) is 10.4. The predicted octanol–water partition coefficient (Wildman–Crippen LogP) is 3.79. The van der Waals surface area contributed by atoms with E-state index in [1.54, 1.807) is 56.9 Å². The lowest BCUT2D eigenvalue weighted by atomic mass is 10.1. The molecule has 2 aromatic carbocycles. The van der Waals surface area contributed by atoms with Crippen LogP contribution in [0.4, 0.5) is 0 Å². The number of carbonyl (C=O) groups is 2. The quantitative estimate of drug-likeness (QED) is 0.402. The normalized spacial score (nSPS) is 10.5. The van der Waals surface area contributed by atoms with Crippen molar-refractivity contribution in [2.75, 3.05) is 20.8 Å². The van der Waals surface area contributed by atoms with Gasteiger partial charge in [0.1, 0.15) is 0 Å². The van der Waals surface area contributed by atoms with Gasteiger partial charge in [-0.1, -0.05) is 24.3 Å². The molecule has 34 heavy (non-hydrogen) atoms. The maximum Gasteiger partial charge on any atom is 0.339 e. The van der Waals surface area contributed by atoms with Gasteiger partial charge in [0.25, 0.3) is 5.91 Å². The predicted molar refractivity (Wildman–Crippen MR) is 127 cm³/mol. The van der Waals surface area contributed by atoms with Crippen molar-refractivity contribution in [2.24, 2.45) is 0 Å². The number of ether oxygens (including phenoxy) is 3. The Morgan fingerprint density at radius 2 is 1.76 bits per heavy atom. The lowest BCUT2D eigenvalue weighted by Gasteiger charge is -2.11. The number of hydrogen-bond acceptors (Lipinski definition) is 7. The third-order valence-corrected chi connectivity index (χ3v) is 5.17. The van der Waals surface area contributed by atoms with Gasteiger partial charge in [-0.2, -0.15) is 0 Å². The molecule has 1 amide bonds. The fourth-order valence-corrected chi connectivity index (χ4v) is 3.46. The van der Waals surface area contributed by atoms with E-state index in [0.717, 1.165) is 11.1 Å². The van der Waals surface area contributed by atoms with Gasteiger partial charge in [0.05, 0.1) is 31.0 Å². The van der Waals surface area contributed by atoms with E-state index >= 15 is 0 Å². The fraction of sp³-hybridized carbons (Fsp3) is 0.154. The van der Waals surface area contributed by atoms with Crippen molar-refractivity contribution < 1.29 is 23.8 Å². The molecule has 0 aliphatic heterocycles. The van der Waals surface area contributed by atoms with E-state index in [1.165, 1.54) is 0 Å². The van der Waals surface area contributed by atoms with Crippen LogP contribution in [-0.2, 0) is 16.1 Å². The van der Waals surface area contributed by atoms with E-state index in [2.05, 4.69) is 15.3 Å². The van der Waals surface area contributed by atoms with Crippen LogP contribution >= 0.6 is 0 Å². The van der Waals surface area contributed by atoms with E-state index in [-0.39, 0.29) is 6.54 Å². The van der Waals surface area contributed by atoms with Crippen LogP contribution in [0, 0.1) is 0 Å². The largest absolute Gasteiger partial charge is 0.493 e. The summed E-state index contributed by atoms with van der Waals surface area (Å²) in [5.74, 6) is 0.135.